The fourth-order valence-corrected chi connectivity index (χ4v) is 8.82. The van der Waals surface area contributed by atoms with Crippen molar-refractivity contribution in [2.75, 3.05) is 0 Å². The van der Waals surface area contributed by atoms with Crippen LogP contribution in [-0.2, 0) is 9.84 Å². The molecule has 0 unspecified atom stereocenters. The van der Waals surface area contributed by atoms with Crippen LogP contribution in [-0.4, -0.2) is 13.4 Å². The monoisotopic (exact) mass is 595 g/mol. The standard InChI is InChI=1S/C41H25NO2S/c43-45(44,26-14-2-1-3-15-26)41-35-24-12-8-20-31(35)38(32-21-9-13-25-36(32)41)40-34-23-11-7-19-30(34)37-29-18-6-4-16-27(29)28-17-5-10-22-33(28)39(37)42-40/h1-25H. The molecule has 0 aliphatic rings. The van der Waals surface area contributed by atoms with Gasteiger partial charge in [-0.15, -0.1) is 0 Å². The molecule has 1 aromatic heterocycles. The molecule has 8 aromatic carbocycles. The molecular weight excluding hydrogens is 571 g/mol. The Kier molecular flexibility index (Phi) is 5.59. The molecule has 0 saturated heterocycles. The maximum Gasteiger partial charge on any atom is 0.207 e. The van der Waals surface area contributed by atoms with Crippen LogP contribution in [0.25, 0.3) is 76.0 Å². The Morgan fingerprint density at radius 2 is 0.778 bits per heavy atom. The molecule has 0 N–H and O–H groups in total. The van der Waals surface area contributed by atoms with Gasteiger partial charge >= 0.3 is 0 Å². The fraction of sp³-hybridized carbons (Fsp3) is 0. The van der Waals surface area contributed by atoms with Crippen molar-refractivity contribution in [3.8, 4) is 11.3 Å². The lowest BCUT2D eigenvalue weighted by Crippen LogP contribution is -2.05. The van der Waals surface area contributed by atoms with Crippen LogP contribution in [0.5, 0.6) is 0 Å². The molecule has 9 rings (SSSR count). The normalized spacial score (nSPS) is 12.2. The van der Waals surface area contributed by atoms with Crippen LogP contribution < -0.4 is 0 Å². The third-order valence-corrected chi connectivity index (χ3v) is 10.9. The zero-order valence-electron chi connectivity index (χ0n) is 24.1. The first kappa shape index (κ1) is 25.9. The van der Waals surface area contributed by atoms with Gasteiger partial charge in [-0.25, -0.2) is 13.4 Å². The summed E-state index contributed by atoms with van der Waals surface area (Å²) in [5.74, 6) is 0. The summed E-state index contributed by atoms with van der Waals surface area (Å²) in [6, 6.07) is 49.9. The van der Waals surface area contributed by atoms with E-state index in [1.54, 1.807) is 24.3 Å². The minimum Gasteiger partial charge on any atom is -0.246 e. The molecule has 1 heterocycles. The van der Waals surface area contributed by atoms with Crippen molar-refractivity contribution < 1.29 is 8.42 Å². The molecule has 0 bridgehead atoms. The predicted molar refractivity (Wildman–Crippen MR) is 187 cm³/mol. The molecular formula is C41H25NO2S. The van der Waals surface area contributed by atoms with Crippen molar-refractivity contribution >= 4 is 74.6 Å². The van der Waals surface area contributed by atoms with Gasteiger partial charge in [-0.1, -0.05) is 140 Å². The summed E-state index contributed by atoms with van der Waals surface area (Å²) >= 11 is 0. The van der Waals surface area contributed by atoms with Crippen molar-refractivity contribution in [2.24, 2.45) is 0 Å². The molecule has 9 aromatic rings. The molecule has 0 atom stereocenters. The van der Waals surface area contributed by atoms with Crippen LogP contribution in [0, 0.1) is 0 Å². The molecule has 0 amide bonds. The van der Waals surface area contributed by atoms with Crippen molar-refractivity contribution in [3.05, 3.63) is 152 Å². The minimum absolute atomic E-state index is 0.278. The Balaban J connectivity index is 1.51. The SMILES string of the molecule is O=S(=O)(c1ccccc1)c1c2ccccc2c(-c2nc3c4ccccc4c4ccccc4c3c3ccccc23)c2ccccc12. The molecule has 0 spiro atoms. The molecule has 0 radical (unpaired) electrons. The molecule has 45 heavy (non-hydrogen) atoms. The highest BCUT2D eigenvalue weighted by atomic mass is 32.2. The lowest BCUT2D eigenvalue weighted by molar-refractivity contribution is 0.597. The van der Waals surface area contributed by atoms with Gasteiger partial charge in [0.15, 0.2) is 0 Å². The highest BCUT2D eigenvalue weighted by Gasteiger charge is 2.27. The Morgan fingerprint density at radius 3 is 1.36 bits per heavy atom. The van der Waals surface area contributed by atoms with Crippen LogP contribution in [0.2, 0.25) is 0 Å². The predicted octanol–water partition coefficient (Wildman–Crippen LogP) is 10.5. The molecule has 0 aliphatic carbocycles. The fourth-order valence-electron chi connectivity index (χ4n) is 7.13. The Labute approximate surface area is 259 Å². The minimum atomic E-state index is -3.84. The lowest BCUT2D eigenvalue weighted by Gasteiger charge is -2.19. The van der Waals surface area contributed by atoms with Crippen molar-refractivity contribution in [1.82, 2.24) is 4.98 Å². The van der Waals surface area contributed by atoms with Crippen LogP contribution in [0.1, 0.15) is 0 Å². The van der Waals surface area contributed by atoms with Gasteiger partial charge in [-0.3, -0.25) is 0 Å². The second-order valence-corrected chi connectivity index (χ2v) is 13.3. The first-order valence-corrected chi connectivity index (χ1v) is 16.5. The summed E-state index contributed by atoms with van der Waals surface area (Å²) in [6.07, 6.45) is 0. The van der Waals surface area contributed by atoms with Crippen LogP contribution in [0.4, 0.5) is 0 Å². The Hall–Kier alpha value is -5.58. The van der Waals surface area contributed by atoms with E-state index >= 15 is 0 Å². The topological polar surface area (TPSA) is 47.0 Å². The second kappa shape index (κ2) is 9.71. The van der Waals surface area contributed by atoms with E-state index < -0.39 is 9.84 Å². The maximum absolute atomic E-state index is 14.4. The summed E-state index contributed by atoms with van der Waals surface area (Å²) in [4.78, 5) is 6.16. The largest absolute Gasteiger partial charge is 0.246 e. The van der Waals surface area contributed by atoms with E-state index in [-0.39, 0.29) is 4.90 Å². The number of fused-ring (bicyclic) bond motifs is 10. The van der Waals surface area contributed by atoms with E-state index in [0.29, 0.717) is 15.7 Å². The quantitative estimate of drug-likeness (QED) is 0.151. The van der Waals surface area contributed by atoms with Crippen LogP contribution in [0.3, 0.4) is 0 Å². The van der Waals surface area contributed by atoms with Crippen LogP contribution >= 0.6 is 0 Å². The van der Waals surface area contributed by atoms with Crippen LogP contribution in [0.15, 0.2) is 161 Å². The Morgan fingerprint density at radius 1 is 0.378 bits per heavy atom. The molecule has 0 aliphatic heterocycles. The van der Waals surface area contributed by atoms with E-state index in [1.165, 1.54) is 10.8 Å². The zero-order chi connectivity index (χ0) is 30.1. The van der Waals surface area contributed by atoms with Crippen molar-refractivity contribution in [2.45, 2.75) is 9.79 Å². The molecule has 0 saturated carbocycles. The number of nitrogens with zero attached hydrogens (tertiary/aromatic N) is 1. The summed E-state index contributed by atoms with van der Waals surface area (Å²) in [5.41, 5.74) is 2.71. The van der Waals surface area contributed by atoms with E-state index in [9.17, 15) is 8.42 Å². The number of rotatable bonds is 3. The van der Waals surface area contributed by atoms with Crippen molar-refractivity contribution in [1.29, 1.82) is 0 Å². The summed E-state index contributed by atoms with van der Waals surface area (Å²) < 4.78 is 28.7. The number of pyridine rings is 1. The number of benzene rings is 8. The average molecular weight is 596 g/mol. The highest BCUT2D eigenvalue weighted by Crippen LogP contribution is 2.46. The second-order valence-electron chi connectivity index (χ2n) is 11.4. The first-order valence-electron chi connectivity index (χ1n) is 15.0. The van der Waals surface area contributed by atoms with E-state index in [2.05, 4.69) is 72.8 Å². The third kappa shape index (κ3) is 3.70. The summed E-state index contributed by atoms with van der Waals surface area (Å²) in [6.45, 7) is 0. The van der Waals surface area contributed by atoms with Gasteiger partial charge in [0.25, 0.3) is 0 Å². The van der Waals surface area contributed by atoms with Crippen molar-refractivity contribution in [3.63, 3.8) is 0 Å². The van der Waals surface area contributed by atoms with Gasteiger partial charge in [0.1, 0.15) is 0 Å². The third-order valence-electron chi connectivity index (χ3n) is 9.02. The van der Waals surface area contributed by atoms with Gasteiger partial charge in [0.05, 0.1) is 21.0 Å². The van der Waals surface area contributed by atoms with E-state index in [4.69, 9.17) is 4.98 Å². The van der Waals surface area contributed by atoms with Gasteiger partial charge in [-0.2, -0.15) is 0 Å². The van der Waals surface area contributed by atoms with Gasteiger partial charge in [-0.05, 0) is 44.5 Å². The lowest BCUT2D eigenvalue weighted by atomic mass is 9.89. The smallest absolute Gasteiger partial charge is 0.207 e. The van der Waals surface area contributed by atoms with Gasteiger partial charge in [0.2, 0.25) is 9.84 Å². The average Bonchev–Trinajstić information content (AvgIpc) is 3.10. The molecule has 3 nitrogen and oxygen atoms in total. The van der Waals surface area contributed by atoms with Gasteiger partial charge in [0, 0.05) is 32.5 Å². The zero-order valence-corrected chi connectivity index (χ0v) is 24.9. The highest BCUT2D eigenvalue weighted by molar-refractivity contribution is 7.92. The molecule has 0 fully saturated rings. The first-order chi connectivity index (χ1) is 22.1. The summed E-state index contributed by atoms with van der Waals surface area (Å²) in [5, 5.41) is 11.0. The molecule has 4 heteroatoms. The molecule has 212 valence electrons. The van der Waals surface area contributed by atoms with E-state index in [1.807, 2.05) is 54.6 Å². The number of aromatic nitrogens is 1. The number of sulfone groups is 1. The number of hydrogen-bond acceptors (Lipinski definition) is 3. The van der Waals surface area contributed by atoms with Gasteiger partial charge < -0.3 is 0 Å². The maximum atomic E-state index is 14.4. The summed E-state index contributed by atoms with van der Waals surface area (Å²) in [7, 11) is -3.84. The van der Waals surface area contributed by atoms with E-state index in [0.717, 1.165) is 54.5 Å². The Bertz CT molecular complexity index is 2710. The number of hydrogen-bond donors (Lipinski definition) is 0.